The van der Waals surface area contributed by atoms with E-state index in [1.54, 1.807) is 34.6 Å². The molecule has 0 aliphatic rings. The molecule has 11 nitrogen and oxygen atoms in total. The van der Waals surface area contributed by atoms with Gasteiger partial charge >= 0.3 is 5.69 Å². The quantitative estimate of drug-likeness (QED) is 0.207. The van der Waals surface area contributed by atoms with E-state index in [-0.39, 0.29) is 55.4 Å². The van der Waals surface area contributed by atoms with E-state index in [0.717, 1.165) is 4.57 Å². The lowest BCUT2D eigenvalue weighted by molar-refractivity contribution is -0.130. The number of benzene rings is 1. The van der Waals surface area contributed by atoms with Gasteiger partial charge in [-0.1, -0.05) is 5.16 Å². The molecule has 0 fully saturated rings. The van der Waals surface area contributed by atoms with Gasteiger partial charge in [0.15, 0.2) is 0 Å². The molecule has 12 heteroatoms. The van der Waals surface area contributed by atoms with Gasteiger partial charge in [-0.3, -0.25) is 18.7 Å². The van der Waals surface area contributed by atoms with Crippen LogP contribution in [-0.2, 0) is 27.5 Å². The van der Waals surface area contributed by atoms with E-state index in [1.807, 2.05) is 19.9 Å². The van der Waals surface area contributed by atoms with Crippen LogP contribution in [-0.4, -0.2) is 46.6 Å². The van der Waals surface area contributed by atoms with Crippen molar-refractivity contribution >= 4 is 11.6 Å². The molecule has 1 aromatic carbocycles. The predicted octanol–water partition coefficient (Wildman–Crippen LogP) is 3.53. The number of nitrogens with zero attached hydrogens (tertiary/aromatic N) is 4. The molecular formula is C29H40FN5O6. The van der Waals surface area contributed by atoms with Crippen LogP contribution in [0.3, 0.4) is 0 Å². The zero-order valence-electron chi connectivity index (χ0n) is 25.0. The Bertz CT molecular complexity index is 1400. The molecule has 0 radical (unpaired) electrons. The van der Waals surface area contributed by atoms with E-state index >= 15 is 0 Å². The van der Waals surface area contributed by atoms with Crippen LogP contribution in [0.1, 0.15) is 72.1 Å². The highest BCUT2D eigenvalue weighted by Crippen LogP contribution is 2.30. The maximum atomic E-state index is 14.3. The van der Waals surface area contributed by atoms with Gasteiger partial charge in [0, 0.05) is 24.3 Å². The Labute approximate surface area is 239 Å². The minimum Gasteiger partial charge on any atom is -0.496 e. The van der Waals surface area contributed by atoms with Crippen LogP contribution in [0.5, 0.6) is 5.75 Å². The molecule has 1 atom stereocenters. The van der Waals surface area contributed by atoms with Crippen molar-refractivity contribution in [3.8, 4) is 11.8 Å². The highest BCUT2D eigenvalue weighted by Gasteiger charge is 2.31. The molecule has 0 aliphatic carbocycles. The van der Waals surface area contributed by atoms with E-state index in [1.165, 1.54) is 36.1 Å². The third-order valence-electron chi connectivity index (χ3n) is 6.05. The molecule has 2 rings (SSSR count). The van der Waals surface area contributed by atoms with Crippen molar-refractivity contribution in [1.29, 1.82) is 5.26 Å². The van der Waals surface area contributed by atoms with Crippen molar-refractivity contribution in [3.05, 3.63) is 62.2 Å². The van der Waals surface area contributed by atoms with Gasteiger partial charge in [0.2, 0.25) is 5.91 Å². The number of rotatable bonds is 14. The summed E-state index contributed by atoms with van der Waals surface area (Å²) < 4.78 is 27.9. The number of aromatic nitrogens is 2. The fraction of sp³-hybridized carbons (Fsp3) is 0.552. The van der Waals surface area contributed by atoms with Crippen molar-refractivity contribution in [1.82, 2.24) is 14.5 Å². The first-order valence-corrected chi connectivity index (χ1v) is 13.4. The second-order valence-corrected chi connectivity index (χ2v) is 10.9. The molecule has 1 amide bonds. The molecule has 0 saturated heterocycles. The SMILES string of the molecule is COc1ccc(F)cc1C(Cn1cc(/C(C)=N/OC(C)C)c(=O)n(CC(C)(C)C(=O)NC(C)C)c1=O)OCCC#N. The van der Waals surface area contributed by atoms with E-state index in [4.69, 9.17) is 19.6 Å². The Morgan fingerprint density at radius 1 is 1.22 bits per heavy atom. The number of methoxy groups -OCH3 is 1. The average Bonchev–Trinajstić information content (AvgIpc) is 2.90. The number of carbonyl (C=O) groups excluding carboxylic acids is 1. The van der Waals surface area contributed by atoms with Crippen LogP contribution in [0, 0.1) is 22.6 Å². The molecule has 1 N–H and O–H groups in total. The smallest absolute Gasteiger partial charge is 0.331 e. The second-order valence-electron chi connectivity index (χ2n) is 10.9. The van der Waals surface area contributed by atoms with E-state index in [0.29, 0.717) is 11.3 Å². The van der Waals surface area contributed by atoms with Crippen molar-refractivity contribution in [2.24, 2.45) is 10.6 Å². The predicted molar refractivity (Wildman–Crippen MR) is 152 cm³/mol. The molecule has 224 valence electrons. The van der Waals surface area contributed by atoms with Crippen molar-refractivity contribution in [2.75, 3.05) is 13.7 Å². The number of hydrogen-bond donors (Lipinski definition) is 1. The Hall–Kier alpha value is -3.98. The number of oxime groups is 1. The maximum Gasteiger partial charge on any atom is 0.331 e. The summed E-state index contributed by atoms with van der Waals surface area (Å²) in [6.45, 7) is 11.7. The summed E-state index contributed by atoms with van der Waals surface area (Å²) in [7, 11) is 1.42. The first kappa shape index (κ1) is 33.2. The van der Waals surface area contributed by atoms with Gasteiger partial charge in [-0.2, -0.15) is 5.26 Å². The van der Waals surface area contributed by atoms with Crippen LogP contribution in [0.4, 0.5) is 4.39 Å². The maximum absolute atomic E-state index is 14.3. The van der Waals surface area contributed by atoms with Gasteiger partial charge in [-0.25, -0.2) is 9.18 Å². The molecule has 1 unspecified atom stereocenters. The fourth-order valence-corrected chi connectivity index (χ4v) is 3.95. The van der Waals surface area contributed by atoms with E-state index < -0.39 is 28.6 Å². The second kappa shape index (κ2) is 14.6. The zero-order valence-corrected chi connectivity index (χ0v) is 25.0. The number of nitriles is 1. The summed E-state index contributed by atoms with van der Waals surface area (Å²) in [6, 6.07) is 5.76. The fourth-order valence-electron chi connectivity index (χ4n) is 3.95. The van der Waals surface area contributed by atoms with Crippen LogP contribution < -0.4 is 21.3 Å². The van der Waals surface area contributed by atoms with Crippen LogP contribution >= 0.6 is 0 Å². The van der Waals surface area contributed by atoms with Gasteiger partial charge < -0.3 is 19.6 Å². The zero-order chi connectivity index (χ0) is 30.9. The number of halogens is 1. The first-order chi connectivity index (χ1) is 19.2. The summed E-state index contributed by atoms with van der Waals surface area (Å²) in [5.41, 5.74) is -1.85. The molecule has 0 bridgehead atoms. The lowest BCUT2D eigenvalue weighted by Gasteiger charge is -2.27. The summed E-state index contributed by atoms with van der Waals surface area (Å²) in [5.74, 6) is -0.546. The van der Waals surface area contributed by atoms with Gasteiger partial charge in [0.05, 0.1) is 49.4 Å². The summed E-state index contributed by atoms with van der Waals surface area (Å²) in [4.78, 5) is 45.6. The highest BCUT2D eigenvalue weighted by atomic mass is 19.1. The number of ether oxygens (including phenoxy) is 2. The monoisotopic (exact) mass is 573 g/mol. The average molecular weight is 574 g/mol. The molecule has 1 heterocycles. The third-order valence-corrected chi connectivity index (χ3v) is 6.05. The van der Waals surface area contributed by atoms with E-state index in [2.05, 4.69) is 10.5 Å². The van der Waals surface area contributed by atoms with Crippen LogP contribution in [0.25, 0.3) is 0 Å². The van der Waals surface area contributed by atoms with Gasteiger partial charge in [0.25, 0.3) is 5.56 Å². The number of carbonyl (C=O) groups is 1. The summed E-state index contributed by atoms with van der Waals surface area (Å²) in [6.07, 6.45) is 0.227. The van der Waals surface area contributed by atoms with Crippen LogP contribution in [0.15, 0.2) is 39.1 Å². The summed E-state index contributed by atoms with van der Waals surface area (Å²) >= 11 is 0. The number of hydrogen-bond acceptors (Lipinski definition) is 8. The van der Waals surface area contributed by atoms with Crippen molar-refractivity contribution in [3.63, 3.8) is 0 Å². The Morgan fingerprint density at radius 2 is 1.90 bits per heavy atom. The van der Waals surface area contributed by atoms with Crippen molar-refractivity contribution in [2.45, 2.75) is 86.2 Å². The molecule has 2 aromatic rings. The Balaban J connectivity index is 2.74. The topological polar surface area (TPSA) is 137 Å². The Kier molecular flexibility index (Phi) is 11.8. The third kappa shape index (κ3) is 9.01. The standard InChI is InChI=1S/C29H40FN5O6/c1-18(2)32-27(37)29(6,7)17-35-26(36)23(20(5)33-41-19(3)4)15-34(28(35)38)16-25(40-13-9-12-31)22-14-21(30)10-11-24(22)39-8/h10-11,14-15,18-19,25H,9,13,16-17H2,1-8H3,(H,32,37)/b33-20+. The lowest BCUT2D eigenvalue weighted by atomic mass is 9.91. The molecule has 1 aromatic heterocycles. The van der Waals surface area contributed by atoms with Gasteiger partial charge in [0.1, 0.15) is 23.8 Å². The number of nitrogens with one attached hydrogen (secondary N) is 1. The van der Waals surface area contributed by atoms with Gasteiger partial charge in [-0.15, -0.1) is 0 Å². The van der Waals surface area contributed by atoms with Gasteiger partial charge in [-0.05, 0) is 66.7 Å². The summed E-state index contributed by atoms with van der Waals surface area (Å²) in [5, 5.41) is 15.9. The molecular weight excluding hydrogens is 533 g/mol. The number of amides is 1. The largest absolute Gasteiger partial charge is 0.496 e. The van der Waals surface area contributed by atoms with Crippen molar-refractivity contribution < 1.29 is 23.5 Å². The first-order valence-electron chi connectivity index (χ1n) is 13.4. The minimum absolute atomic E-state index is 0.00714. The highest BCUT2D eigenvalue weighted by molar-refractivity contribution is 5.97. The van der Waals surface area contributed by atoms with E-state index in [9.17, 15) is 18.8 Å². The Morgan fingerprint density at radius 3 is 2.49 bits per heavy atom. The normalized spacial score (nSPS) is 12.8. The molecule has 41 heavy (non-hydrogen) atoms. The lowest BCUT2D eigenvalue weighted by Crippen LogP contribution is -2.49. The molecule has 0 saturated carbocycles. The minimum atomic E-state index is -1.13. The molecule has 0 spiro atoms. The molecule has 0 aliphatic heterocycles. The van der Waals surface area contributed by atoms with Crippen LogP contribution in [0.2, 0.25) is 0 Å².